The molecule has 17 heavy (non-hydrogen) atoms. The average Bonchev–Trinajstić information content (AvgIpc) is 2.29. The number of halogens is 1. The number of alkyl halides is 1. The molecule has 2 N–H and O–H groups in total. The van der Waals surface area contributed by atoms with Crippen LogP contribution in [0.25, 0.3) is 0 Å². The largest absolute Gasteiger partial charge is 0.497 e. The van der Waals surface area contributed by atoms with Crippen molar-refractivity contribution in [3.63, 3.8) is 0 Å². The first-order valence-corrected chi connectivity index (χ1v) is 6.84. The quantitative estimate of drug-likeness (QED) is 0.776. The molecule has 3 nitrogen and oxygen atoms in total. The number of nitrogens with two attached hydrogens (primary N) is 1. The molecule has 1 aromatic carbocycles. The highest BCUT2D eigenvalue weighted by atomic mass is 35.5. The maximum atomic E-state index is 10.6. The molecule has 0 saturated heterocycles. The van der Waals surface area contributed by atoms with Gasteiger partial charge in [-0.3, -0.25) is 4.79 Å². The van der Waals surface area contributed by atoms with Gasteiger partial charge >= 0.3 is 0 Å². The van der Waals surface area contributed by atoms with Crippen molar-refractivity contribution >= 4 is 29.3 Å². The Hall–Kier alpha value is -0.870. The van der Waals surface area contributed by atoms with E-state index in [4.69, 9.17) is 22.1 Å². The predicted octanol–water partition coefficient (Wildman–Crippen LogP) is 2.41. The van der Waals surface area contributed by atoms with Crippen LogP contribution < -0.4 is 10.5 Å². The summed E-state index contributed by atoms with van der Waals surface area (Å²) in [5.41, 5.74) is 6.27. The zero-order valence-corrected chi connectivity index (χ0v) is 11.3. The summed E-state index contributed by atoms with van der Waals surface area (Å²) in [5, 5.41) is -0.184. The number of amides is 1. The number of thioether (sulfide) groups is 1. The van der Waals surface area contributed by atoms with Crippen LogP contribution in [-0.4, -0.2) is 24.1 Å². The summed E-state index contributed by atoms with van der Waals surface area (Å²) < 4.78 is 5.08. The molecule has 0 bridgehead atoms. The summed E-state index contributed by atoms with van der Waals surface area (Å²) >= 11 is 7.64. The Balaban J connectivity index is 2.28. The van der Waals surface area contributed by atoms with Gasteiger partial charge in [0.05, 0.1) is 12.5 Å². The fourth-order valence-corrected chi connectivity index (χ4v) is 2.64. The second-order valence-electron chi connectivity index (χ2n) is 3.63. The van der Waals surface area contributed by atoms with E-state index in [1.165, 1.54) is 5.56 Å². The summed E-state index contributed by atoms with van der Waals surface area (Å²) in [5.74, 6) is 2.08. The average molecular weight is 274 g/mol. The molecule has 1 unspecified atom stereocenters. The van der Waals surface area contributed by atoms with E-state index in [0.717, 1.165) is 17.3 Å². The topological polar surface area (TPSA) is 52.3 Å². The summed E-state index contributed by atoms with van der Waals surface area (Å²) in [6.45, 7) is 0. The molecule has 1 rings (SSSR count). The van der Waals surface area contributed by atoms with Gasteiger partial charge in [0.15, 0.2) is 0 Å². The van der Waals surface area contributed by atoms with Gasteiger partial charge in [-0.25, -0.2) is 0 Å². The van der Waals surface area contributed by atoms with Crippen LogP contribution in [0.4, 0.5) is 0 Å². The molecule has 94 valence electrons. The predicted molar refractivity (Wildman–Crippen MR) is 72.6 cm³/mol. The minimum Gasteiger partial charge on any atom is -0.497 e. The van der Waals surface area contributed by atoms with E-state index in [9.17, 15) is 4.79 Å². The minimum atomic E-state index is -0.352. The lowest BCUT2D eigenvalue weighted by molar-refractivity contribution is -0.117. The molecular formula is C12H16ClNO2S. The molecule has 0 saturated carbocycles. The first-order chi connectivity index (χ1) is 8.11. The molecule has 0 aliphatic heterocycles. The van der Waals surface area contributed by atoms with Gasteiger partial charge in [-0.2, -0.15) is 11.8 Å². The summed E-state index contributed by atoms with van der Waals surface area (Å²) in [4.78, 5) is 10.6. The number of primary amides is 1. The van der Waals surface area contributed by atoms with Gasteiger partial charge in [0.1, 0.15) is 5.75 Å². The monoisotopic (exact) mass is 273 g/mol. The third-order valence-corrected chi connectivity index (χ3v) is 3.82. The highest BCUT2D eigenvalue weighted by molar-refractivity contribution is 7.98. The van der Waals surface area contributed by atoms with E-state index >= 15 is 0 Å². The maximum Gasteiger partial charge on any atom is 0.218 e. The van der Waals surface area contributed by atoms with E-state index in [1.807, 2.05) is 24.3 Å². The third-order valence-electron chi connectivity index (χ3n) is 2.15. The fourth-order valence-electron chi connectivity index (χ4n) is 1.30. The molecular weight excluding hydrogens is 258 g/mol. The SMILES string of the molecule is COc1ccc(CSCC(Cl)CC(N)=O)cc1. The Bertz CT molecular complexity index is 356. The number of benzene rings is 1. The van der Waals surface area contributed by atoms with Crippen LogP contribution in [0.3, 0.4) is 0 Å². The molecule has 0 spiro atoms. The Morgan fingerprint density at radius 2 is 2.12 bits per heavy atom. The number of carbonyl (C=O) groups excluding carboxylic acids is 1. The van der Waals surface area contributed by atoms with E-state index in [0.29, 0.717) is 0 Å². The van der Waals surface area contributed by atoms with Crippen LogP contribution in [-0.2, 0) is 10.5 Å². The van der Waals surface area contributed by atoms with Crippen LogP contribution in [0.15, 0.2) is 24.3 Å². The summed E-state index contributed by atoms with van der Waals surface area (Å²) in [7, 11) is 1.64. The zero-order chi connectivity index (χ0) is 12.7. The first-order valence-electron chi connectivity index (χ1n) is 5.25. The normalized spacial score (nSPS) is 12.1. The van der Waals surface area contributed by atoms with Gasteiger partial charge in [0.25, 0.3) is 0 Å². The van der Waals surface area contributed by atoms with Crippen LogP contribution in [0, 0.1) is 0 Å². The second kappa shape index (κ2) is 7.45. The van der Waals surface area contributed by atoms with Crippen molar-refractivity contribution in [1.29, 1.82) is 0 Å². The van der Waals surface area contributed by atoms with Crippen LogP contribution >= 0.6 is 23.4 Å². The molecule has 5 heteroatoms. The second-order valence-corrected chi connectivity index (χ2v) is 5.28. The Morgan fingerprint density at radius 1 is 1.47 bits per heavy atom. The number of hydrogen-bond donors (Lipinski definition) is 1. The van der Waals surface area contributed by atoms with Crippen molar-refractivity contribution in [3.05, 3.63) is 29.8 Å². The lowest BCUT2D eigenvalue weighted by Gasteiger charge is -2.07. The molecule has 0 aliphatic rings. The molecule has 0 aliphatic carbocycles. The Labute approximate surface area is 111 Å². The molecule has 0 radical (unpaired) electrons. The highest BCUT2D eigenvalue weighted by Crippen LogP contribution is 2.19. The summed E-state index contributed by atoms with van der Waals surface area (Å²) in [6, 6.07) is 7.89. The van der Waals surface area contributed by atoms with Crippen LogP contribution in [0.1, 0.15) is 12.0 Å². The van der Waals surface area contributed by atoms with Gasteiger partial charge in [0.2, 0.25) is 5.91 Å². The number of hydrogen-bond acceptors (Lipinski definition) is 3. The molecule has 1 atom stereocenters. The van der Waals surface area contributed by atoms with Gasteiger partial charge in [-0.15, -0.1) is 11.6 Å². The molecule has 0 heterocycles. The molecule has 0 aromatic heterocycles. The van der Waals surface area contributed by atoms with Crippen molar-refractivity contribution in [2.24, 2.45) is 5.73 Å². The van der Waals surface area contributed by atoms with E-state index in [2.05, 4.69) is 0 Å². The number of rotatable bonds is 7. The van der Waals surface area contributed by atoms with Gasteiger partial charge in [-0.05, 0) is 17.7 Å². The van der Waals surface area contributed by atoms with Gasteiger partial charge in [0, 0.05) is 17.9 Å². The standard InChI is InChI=1S/C12H16ClNO2S/c1-16-11-4-2-9(3-5-11)7-17-8-10(13)6-12(14)15/h2-5,10H,6-8H2,1H3,(H2,14,15). The fraction of sp³-hybridized carbons (Fsp3) is 0.417. The zero-order valence-electron chi connectivity index (χ0n) is 9.69. The first kappa shape index (κ1) is 14.2. The van der Waals surface area contributed by atoms with E-state index in [-0.39, 0.29) is 17.7 Å². The van der Waals surface area contributed by atoms with Crippen molar-refractivity contribution in [1.82, 2.24) is 0 Å². The smallest absolute Gasteiger partial charge is 0.218 e. The van der Waals surface area contributed by atoms with Gasteiger partial charge < -0.3 is 10.5 Å². The number of carbonyl (C=O) groups is 1. The van der Waals surface area contributed by atoms with Crippen LogP contribution in [0.5, 0.6) is 5.75 Å². The highest BCUT2D eigenvalue weighted by Gasteiger charge is 2.08. The van der Waals surface area contributed by atoms with Crippen molar-refractivity contribution in [2.45, 2.75) is 17.6 Å². The van der Waals surface area contributed by atoms with Crippen molar-refractivity contribution < 1.29 is 9.53 Å². The minimum absolute atomic E-state index is 0.184. The lowest BCUT2D eigenvalue weighted by atomic mass is 10.2. The molecule has 1 aromatic rings. The number of methoxy groups -OCH3 is 1. The molecule has 1 amide bonds. The lowest BCUT2D eigenvalue weighted by Crippen LogP contribution is -2.17. The van der Waals surface area contributed by atoms with Crippen molar-refractivity contribution in [3.8, 4) is 5.75 Å². The molecule has 0 fully saturated rings. The van der Waals surface area contributed by atoms with Crippen LogP contribution in [0.2, 0.25) is 0 Å². The van der Waals surface area contributed by atoms with Gasteiger partial charge in [-0.1, -0.05) is 12.1 Å². The number of ether oxygens (including phenoxy) is 1. The maximum absolute atomic E-state index is 10.6. The Kier molecular flexibility index (Phi) is 6.22. The Morgan fingerprint density at radius 3 is 2.65 bits per heavy atom. The van der Waals surface area contributed by atoms with E-state index < -0.39 is 0 Å². The third kappa shape index (κ3) is 5.84. The van der Waals surface area contributed by atoms with Crippen molar-refractivity contribution in [2.75, 3.05) is 12.9 Å². The van der Waals surface area contributed by atoms with E-state index in [1.54, 1.807) is 18.9 Å². The summed E-state index contributed by atoms with van der Waals surface area (Å²) in [6.07, 6.45) is 0.233.